The molecule has 2 aromatic carbocycles. The zero-order valence-corrected chi connectivity index (χ0v) is 23.1. The number of piperidine rings is 1. The summed E-state index contributed by atoms with van der Waals surface area (Å²) < 4.78 is 42.5. The first-order valence-electron chi connectivity index (χ1n) is 13.5. The molecule has 0 saturated carbocycles. The molecule has 2 fully saturated rings. The van der Waals surface area contributed by atoms with Gasteiger partial charge < -0.3 is 14.9 Å². The first-order chi connectivity index (χ1) is 19.7. The van der Waals surface area contributed by atoms with E-state index in [9.17, 15) is 23.1 Å². The lowest BCUT2D eigenvalue weighted by molar-refractivity contribution is -0.145. The fourth-order valence-corrected chi connectivity index (χ4v) is 5.92. The Balaban J connectivity index is 1.37. The fraction of sp³-hybridized carbons (Fsp3) is 0.414. The summed E-state index contributed by atoms with van der Waals surface area (Å²) in [6.07, 6.45) is -2.49. The molecule has 1 atom stereocenters. The number of piperazine rings is 1. The van der Waals surface area contributed by atoms with Gasteiger partial charge in [0.15, 0.2) is 5.69 Å². The van der Waals surface area contributed by atoms with Gasteiger partial charge in [-0.05, 0) is 42.7 Å². The van der Waals surface area contributed by atoms with Gasteiger partial charge in [0.25, 0.3) is 0 Å². The minimum Gasteiger partial charge on any atom is -0.478 e. The third kappa shape index (κ3) is 6.29. The van der Waals surface area contributed by atoms with Crippen molar-refractivity contribution < 1.29 is 23.1 Å². The van der Waals surface area contributed by atoms with Crippen molar-refractivity contribution in [3.63, 3.8) is 0 Å². The van der Waals surface area contributed by atoms with Crippen LogP contribution in [0.4, 0.5) is 24.5 Å². The van der Waals surface area contributed by atoms with E-state index in [4.69, 9.17) is 16.9 Å². The number of carboxylic acid groups (broad SMARTS) is 1. The van der Waals surface area contributed by atoms with Gasteiger partial charge in [0, 0.05) is 74.2 Å². The molecule has 0 radical (unpaired) electrons. The predicted molar refractivity (Wildman–Crippen MR) is 150 cm³/mol. The van der Waals surface area contributed by atoms with Crippen LogP contribution in [-0.2, 0) is 6.18 Å². The summed E-state index contributed by atoms with van der Waals surface area (Å²) in [5.41, 5.74) is 1.70. The van der Waals surface area contributed by atoms with Gasteiger partial charge in [-0.15, -0.1) is 0 Å². The molecule has 0 amide bonds. The number of nitrogens with zero attached hydrogens (tertiary/aromatic N) is 6. The lowest BCUT2D eigenvalue weighted by Gasteiger charge is -2.37. The highest BCUT2D eigenvalue weighted by atomic mass is 35.5. The molecular formula is C29H30ClF3N6O2. The molecule has 1 N–H and O–H groups in total. The van der Waals surface area contributed by atoms with Crippen LogP contribution in [0.3, 0.4) is 0 Å². The van der Waals surface area contributed by atoms with Crippen molar-refractivity contribution >= 4 is 28.9 Å². The summed E-state index contributed by atoms with van der Waals surface area (Å²) in [6, 6.07) is 15.3. The van der Waals surface area contributed by atoms with Crippen molar-refractivity contribution in [1.29, 1.82) is 5.26 Å². The SMILES string of the molecule is N#CCCN1CCN(c2ccc(-c3ccc(Cl)cc3N3CCCC(n4ncc(C(=O)O)c4C(F)(F)F)C3)cc2)CC1. The van der Waals surface area contributed by atoms with E-state index in [0.717, 1.165) is 66.1 Å². The molecule has 0 bridgehead atoms. The van der Waals surface area contributed by atoms with Crippen LogP contribution in [0.15, 0.2) is 48.7 Å². The van der Waals surface area contributed by atoms with E-state index in [1.54, 1.807) is 6.07 Å². The minimum absolute atomic E-state index is 0.228. The largest absolute Gasteiger partial charge is 0.478 e. The summed E-state index contributed by atoms with van der Waals surface area (Å²) >= 11 is 6.38. The number of carboxylic acids is 1. The second-order valence-corrected chi connectivity index (χ2v) is 10.8. The predicted octanol–water partition coefficient (Wildman–Crippen LogP) is 5.80. The highest BCUT2D eigenvalue weighted by Crippen LogP contribution is 2.39. The van der Waals surface area contributed by atoms with Gasteiger partial charge >= 0.3 is 12.1 Å². The molecule has 2 aliphatic heterocycles. The molecule has 1 unspecified atom stereocenters. The average Bonchev–Trinajstić information content (AvgIpc) is 3.44. The van der Waals surface area contributed by atoms with Crippen molar-refractivity contribution in [3.05, 3.63) is 64.9 Å². The third-order valence-corrected chi connectivity index (χ3v) is 8.03. The lowest BCUT2D eigenvalue weighted by Crippen LogP contribution is -2.46. The van der Waals surface area contributed by atoms with Gasteiger partial charge in [-0.25, -0.2) is 4.79 Å². The van der Waals surface area contributed by atoms with E-state index >= 15 is 0 Å². The molecule has 12 heteroatoms. The summed E-state index contributed by atoms with van der Waals surface area (Å²) in [7, 11) is 0. The Morgan fingerprint density at radius 3 is 2.46 bits per heavy atom. The zero-order valence-electron chi connectivity index (χ0n) is 22.3. The number of halogens is 4. The maximum absolute atomic E-state index is 13.9. The number of aromatic nitrogens is 2. The number of carbonyl (C=O) groups is 1. The van der Waals surface area contributed by atoms with Crippen LogP contribution < -0.4 is 9.80 Å². The third-order valence-electron chi connectivity index (χ3n) is 7.79. The minimum atomic E-state index is -4.85. The Bertz CT molecular complexity index is 1430. The van der Waals surface area contributed by atoms with Crippen LogP contribution in [0.25, 0.3) is 11.1 Å². The van der Waals surface area contributed by atoms with E-state index in [-0.39, 0.29) is 6.54 Å². The van der Waals surface area contributed by atoms with Crippen molar-refractivity contribution in [2.75, 3.05) is 55.6 Å². The van der Waals surface area contributed by atoms with Gasteiger partial charge in [0.1, 0.15) is 5.56 Å². The topological polar surface area (TPSA) is 88.6 Å². The maximum atomic E-state index is 13.9. The zero-order chi connectivity index (χ0) is 29.1. The Kier molecular flexibility index (Phi) is 8.42. The summed E-state index contributed by atoms with van der Waals surface area (Å²) in [5.74, 6) is -1.65. The van der Waals surface area contributed by atoms with Gasteiger partial charge in [0.2, 0.25) is 0 Å². The van der Waals surface area contributed by atoms with Gasteiger partial charge in [-0.2, -0.15) is 23.5 Å². The normalized spacial score (nSPS) is 18.4. The first kappa shape index (κ1) is 28.8. The molecule has 3 aromatic rings. The molecule has 1 aromatic heterocycles. The van der Waals surface area contributed by atoms with Crippen LogP contribution in [0.5, 0.6) is 0 Å². The second kappa shape index (κ2) is 12.0. The van der Waals surface area contributed by atoms with Crippen LogP contribution >= 0.6 is 11.6 Å². The van der Waals surface area contributed by atoms with Crippen molar-refractivity contribution in [1.82, 2.24) is 14.7 Å². The van der Waals surface area contributed by atoms with Crippen LogP contribution in [0.1, 0.15) is 41.4 Å². The number of alkyl halides is 3. The lowest BCUT2D eigenvalue weighted by atomic mass is 9.99. The smallest absolute Gasteiger partial charge is 0.433 e. The quantitative estimate of drug-likeness (QED) is 0.374. The molecule has 3 heterocycles. The summed E-state index contributed by atoms with van der Waals surface area (Å²) in [4.78, 5) is 18.1. The van der Waals surface area contributed by atoms with E-state index in [2.05, 4.69) is 33.1 Å². The highest BCUT2D eigenvalue weighted by molar-refractivity contribution is 6.31. The molecular weight excluding hydrogens is 557 g/mol. The highest BCUT2D eigenvalue weighted by Gasteiger charge is 2.42. The average molecular weight is 587 g/mol. The number of rotatable bonds is 7. The monoisotopic (exact) mass is 586 g/mol. The van der Waals surface area contributed by atoms with E-state index in [1.165, 1.54) is 0 Å². The van der Waals surface area contributed by atoms with Crippen LogP contribution in [0.2, 0.25) is 5.02 Å². The molecule has 0 aliphatic carbocycles. The summed E-state index contributed by atoms with van der Waals surface area (Å²) in [5, 5.41) is 22.5. The Morgan fingerprint density at radius 2 is 1.80 bits per heavy atom. The molecule has 0 spiro atoms. The van der Waals surface area contributed by atoms with Gasteiger partial charge in [0.05, 0.1) is 18.3 Å². The number of nitriles is 1. The van der Waals surface area contributed by atoms with Crippen LogP contribution in [-0.4, -0.2) is 71.6 Å². The number of hydrogen-bond acceptors (Lipinski definition) is 6. The molecule has 216 valence electrons. The molecule has 2 aliphatic rings. The van der Waals surface area contributed by atoms with E-state index < -0.39 is 29.4 Å². The Hall–Kier alpha value is -3.75. The molecule has 8 nitrogen and oxygen atoms in total. The first-order valence-corrected chi connectivity index (χ1v) is 13.9. The van der Waals surface area contributed by atoms with Gasteiger partial charge in [-0.3, -0.25) is 9.58 Å². The number of hydrogen-bond donors (Lipinski definition) is 1. The number of anilines is 2. The summed E-state index contributed by atoms with van der Waals surface area (Å²) in [6.45, 7) is 5.20. The van der Waals surface area contributed by atoms with Crippen molar-refractivity contribution in [2.24, 2.45) is 0 Å². The molecule has 5 rings (SSSR count). The molecule has 41 heavy (non-hydrogen) atoms. The van der Waals surface area contributed by atoms with Crippen molar-refractivity contribution in [2.45, 2.75) is 31.5 Å². The standard InChI is InChI=1S/C29H30ClF3N6O2/c30-21-6-9-24(20-4-7-22(8-5-20)37-15-13-36(14-16-37)11-2-10-34)26(17-21)38-12-1-3-23(19-38)39-27(29(31,32)33)25(18-35-39)28(40)41/h4-9,17-18,23H,1-3,11-16,19H2,(H,40,41). The van der Waals surface area contributed by atoms with E-state index in [1.807, 2.05) is 29.2 Å². The number of aromatic carboxylic acids is 1. The maximum Gasteiger partial charge on any atom is 0.433 e. The second-order valence-electron chi connectivity index (χ2n) is 10.3. The van der Waals surface area contributed by atoms with Crippen molar-refractivity contribution in [3.8, 4) is 17.2 Å². The van der Waals surface area contributed by atoms with Gasteiger partial charge in [-0.1, -0.05) is 29.8 Å². The molecule has 2 saturated heterocycles. The number of benzene rings is 2. The van der Waals surface area contributed by atoms with Crippen LogP contribution in [0, 0.1) is 11.3 Å². The van der Waals surface area contributed by atoms with E-state index in [0.29, 0.717) is 30.8 Å². The Morgan fingerprint density at radius 1 is 1.07 bits per heavy atom. The Labute approximate surface area is 241 Å². The fourth-order valence-electron chi connectivity index (χ4n) is 5.75.